The first-order valence-electron chi connectivity index (χ1n) is 9.55. The number of aromatic amines is 1. The number of fused-ring (bicyclic) bond motifs is 1. The van der Waals surface area contributed by atoms with Crippen LogP contribution in [0.4, 0.5) is 4.79 Å². The number of nitrogens with one attached hydrogen (secondary N) is 2. The first-order valence-corrected chi connectivity index (χ1v) is 9.55. The Balaban J connectivity index is 1.38. The van der Waals surface area contributed by atoms with E-state index in [2.05, 4.69) is 10.3 Å². The molecule has 140 valence electrons. The van der Waals surface area contributed by atoms with Crippen molar-refractivity contribution in [2.24, 2.45) is 0 Å². The van der Waals surface area contributed by atoms with Gasteiger partial charge in [0.15, 0.2) is 0 Å². The number of carbonyl (C=O) groups excluding carboxylic acids is 1. The normalized spacial score (nSPS) is 22.3. The molecule has 0 radical (unpaired) electrons. The van der Waals surface area contributed by atoms with E-state index in [1.165, 1.54) is 0 Å². The van der Waals surface area contributed by atoms with Crippen molar-refractivity contribution in [2.75, 3.05) is 26.3 Å². The molecule has 2 amide bonds. The molecule has 2 aliphatic rings. The monoisotopic (exact) mass is 358 g/mol. The predicted octanol–water partition coefficient (Wildman–Crippen LogP) is 2.25. The lowest BCUT2D eigenvalue weighted by Gasteiger charge is -2.33. The minimum Gasteiger partial charge on any atom is -0.381 e. The van der Waals surface area contributed by atoms with Gasteiger partial charge in [0.2, 0.25) is 0 Å². The molecule has 0 bridgehead atoms. The van der Waals surface area contributed by atoms with Gasteiger partial charge in [-0.05, 0) is 44.2 Å². The molecule has 1 aromatic carbocycles. The number of piperidine rings is 1. The average molecular weight is 358 g/mol. The molecule has 2 saturated heterocycles. The van der Waals surface area contributed by atoms with Crippen LogP contribution in [-0.4, -0.2) is 52.8 Å². The molecule has 3 heterocycles. The fourth-order valence-electron chi connectivity index (χ4n) is 4.08. The number of aromatic nitrogens is 2. The van der Waals surface area contributed by atoms with E-state index in [9.17, 15) is 9.59 Å². The summed E-state index contributed by atoms with van der Waals surface area (Å²) in [5.74, 6) is 0. The van der Waals surface area contributed by atoms with Crippen LogP contribution in [0, 0.1) is 0 Å². The number of rotatable bonds is 2. The van der Waals surface area contributed by atoms with Crippen LogP contribution in [0.3, 0.4) is 0 Å². The van der Waals surface area contributed by atoms with E-state index in [1.807, 2.05) is 33.7 Å². The zero-order valence-electron chi connectivity index (χ0n) is 14.9. The van der Waals surface area contributed by atoms with Crippen LogP contribution in [-0.2, 0) is 4.74 Å². The van der Waals surface area contributed by atoms with Gasteiger partial charge in [-0.15, -0.1) is 0 Å². The number of para-hydroxylation sites is 2. The highest BCUT2D eigenvalue weighted by Crippen LogP contribution is 2.25. The highest BCUT2D eigenvalue weighted by Gasteiger charge is 2.27. The SMILES string of the molecule is O=C(NC1CCCOCC1)N1CCC(n2c(=O)[nH]c3ccccc32)CC1. The van der Waals surface area contributed by atoms with Gasteiger partial charge in [-0.1, -0.05) is 12.1 Å². The van der Waals surface area contributed by atoms with Gasteiger partial charge in [0.1, 0.15) is 0 Å². The lowest BCUT2D eigenvalue weighted by molar-refractivity contribution is 0.141. The molecule has 2 aliphatic heterocycles. The third kappa shape index (κ3) is 3.49. The van der Waals surface area contributed by atoms with E-state index in [1.54, 1.807) is 0 Å². The molecule has 2 aromatic rings. The summed E-state index contributed by atoms with van der Waals surface area (Å²) in [5, 5.41) is 3.15. The van der Waals surface area contributed by atoms with E-state index in [4.69, 9.17) is 4.74 Å². The summed E-state index contributed by atoms with van der Waals surface area (Å²) in [7, 11) is 0. The lowest BCUT2D eigenvalue weighted by atomic mass is 10.0. The largest absolute Gasteiger partial charge is 0.381 e. The molecule has 1 unspecified atom stereocenters. The molecular weight excluding hydrogens is 332 g/mol. The fraction of sp³-hybridized carbons (Fsp3) is 0.579. The standard InChI is InChI=1S/C19H26N4O3/c24-18(20-14-4-3-12-26-13-9-14)22-10-7-15(8-11-22)23-17-6-2-1-5-16(17)21-19(23)25/h1-2,5-6,14-15H,3-4,7-13H2,(H,20,24)(H,21,25). The number of ether oxygens (including phenoxy) is 1. The summed E-state index contributed by atoms with van der Waals surface area (Å²) in [5.41, 5.74) is 1.75. The number of hydrogen-bond donors (Lipinski definition) is 2. The second kappa shape index (κ2) is 7.53. The molecule has 0 spiro atoms. The molecule has 1 aromatic heterocycles. The van der Waals surface area contributed by atoms with Crippen molar-refractivity contribution in [1.29, 1.82) is 0 Å². The van der Waals surface area contributed by atoms with E-state index in [-0.39, 0.29) is 23.8 Å². The summed E-state index contributed by atoms with van der Waals surface area (Å²) in [6.07, 6.45) is 4.45. The molecule has 0 saturated carbocycles. The van der Waals surface area contributed by atoms with Gasteiger partial charge in [0, 0.05) is 38.4 Å². The number of H-pyrrole nitrogens is 1. The molecule has 7 heteroatoms. The molecule has 1 atom stereocenters. The topological polar surface area (TPSA) is 79.4 Å². The highest BCUT2D eigenvalue weighted by molar-refractivity contribution is 5.75. The number of amides is 2. The van der Waals surface area contributed by atoms with Crippen LogP contribution in [0.1, 0.15) is 38.1 Å². The van der Waals surface area contributed by atoms with Crippen LogP contribution in [0.2, 0.25) is 0 Å². The van der Waals surface area contributed by atoms with Crippen molar-refractivity contribution in [3.8, 4) is 0 Å². The third-order valence-corrected chi connectivity index (χ3v) is 5.52. The Morgan fingerprint density at radius 1 is 1.12 bits per heavy atom. The first-order chi connectivity index (χ1) is 12.7. The summed E-state index contributed by atoms with van der Waals surface area (Å²) >= 11 is 0. The van der Waals surface area contributed by atoms with Crippen molar-refractivity contribution in [3.05, 3.63) is 34.7 Å². The van der Waals surface area contributed by atoms with Crippen molar-refractivity contribution < 1.29 is 9.53 Å². The molecule has 7 nitrogen and oxygen atoms in total. The smallest absolute Gasteiger partial charge is 0.326 e. The van der Waals surface area contributed by atoms with Crippen molar-refractivity contribution in [1.82, 2.24) is 19.8 Å². The number of hydrogen-bond acceptors (Lipinski definition) is 3. The second-order valence-corrected chi connectivity index (χ2v) is 7.23. The van der Waals surface area contributed by atoms with Crippen molar-refractivity contribution >= 4 is 17.1 Å². The zero-order chi connectivity index (χ0) is 17.9. The Labute approximate surface area is 152 Å². The molecule has 2 N–H and O–H groups in total. The van der Waals surface area contributed by atoms with Gasteiger partial charge >= 0.3 is 11.7 Å². The summed E-state index contributed by atoms with van der Waals surface area (Å²) in [6, 6.07) is 8.13. The Hall–Kier alpha value is -2.28. The Morgan fingerprint density at radius 2 is 1.92 bits per heavy atom. The minimum absolute atomic E-state index is 0.0154. The number of nitrogens with zero attached hydrogens (tertiary/aromatic N) is 2. The maximum atomic E-state index is 12.6. The quantitative estimate of drug-likeness (QED) is 0.864. The number of likely N-dealkylation sites (tertiary alicyclic amines) is 1. The predicted molar refractivity (Wildman–Crippen MR) is 99.4 cm³/mol. The van der Waals surface area contributed by atoms with Crippen molar-refractivity contribution in [3.63, 3.8) is 0 Å². The third-order valence-electron chi connectivity index (χ3n) is 5.52. The Bertz CT molecular complexity index is 812. The molecule has 4 rings (SSSR count). The maximum absolute atomic E-state index is 12.6. The maximum Gasteiger partial charge on any atom is 0.326 e. The zero-order valence-corrected chi connectivity index (χ0v) is 14.9. The molecule has 26 heavy (non-hydrogen) atoms. The number of imidazole rings is 1. The first kappa shape index (κ1) is 17.1. The molecular formula is C19H26N4O3. The number of carbonyl (C=O) groups is 1. The van der Waals surface area contributed by atoms with E-state index < -0.39 is 0 Å². The van der Waals surface area contributed by atoms with Gasteiger partial charge in [-0.3, -0.25) is 4.57 Å². The van der Waals surface area contributed by atoms with Crippen LogP contribution in [0.25, 0.3) is 11.0 Å². The van der Waals surface area contributed by atoms with Crippen LogP contribution < -0.4 is 11.0 Å². The minimum atomic E-state index is -0.0624. The summed E-state index contributed by atoms with van der Waals surface area (Å²) in [6.45, 7) is 2.85. The summed E-state index contributed by atoms with van der Waals surface area (Å²) in [4.78, 5) is 29.7. The molecule has 2 fully saturated rings. The van der Waals surface area contributed by atoms with E-state index >= 15 is 0 Å². The van der Waals surface area contributed by atoms with Gasteiger partial charge in [-0.2, -0.15) is 0 Å². The van der Waals surface area contributed by atoms with Gasteiger partial charge in [0.25, 0.3) is 0 Å². The highest BCUT2D eigenvalue weighted by atomic mass is 16.5. The Kier molecular flexibility index (Phi) is 4.97. The van der Waals surface area contributed by atoms with Gasteiger partial charge in [-0.25, -0.2) is 9.59 Å². The second-order valence-electron chi connectivity index (χ2n) is 7.23. The van der Waals surface area contributed by atoms with E-state index in [0.717, 1.165) is 56.4 Å². The molecule has 0 aliphatic carbocycles. The number of benzene rings is 1. The Morgan fingerprint density at radius 3 is 2.77 bits per heavy atom. The van der Waals surface area contributed by atoms with E-state index in [0.29, 0.717) is 13.1 Å². The number of urea groups is 1. The van der Waals surface area contributed by atoms with Gasteiger partial charge in [0.05, 0.1) is 11.0 Å². The summed E-state index contributed by atoms with van der Waals surface area (Å²) < 4.78 is 7.31. The fourth-order valence-corrected chi connectivity index (χ4v) is 4.08. The van der Waals surface area contributed by atoms with Crippen molar-refractivity contribution in [2.45, 2.75) is 44.2 Å². The van der Waals surface area contributed by atoms with Crippen LogP contribution in [0.5, 0.6) is 0 Å². The van der Waals surface area contributed by atoms with Gasteiger partial charge < -0.3 is 19.9 Å². The lowest BCUT2D eigenvalue weighted by Crippen LogP contribution is -2.48. The van der Waals surface area contributed by atoms with Crippen LogP contribution in [0.15, 0.2) is 29.1 Å². The average Bonchev–Trinajstić information content (AvgIpc) is 2.81. The van der Waals surface area contributed by atoms with Crippen LogP contribution >= 0.6 is 0 Å².